The zero-order chi connectivity index (χ0) is 16.1. The number of nitro groups is 1. The predicted octanol–water partition coefficient (Wildman–Crippen LogP) is 2.28. The van der Waals surface area contributed by atoms with E-state index in [-0.39, 0.29) is 23.7 Å². The number of amides is 1. The molecule has 0 saturated carbocycles. The molecule has 7 nitrogen and oxygen atoms in total. The molecule has 0 atom stereocenters. The Morgan fingerprint density at radius 1 is 1.27 bits per heavy atom. The van der Waals surface area contributed by atoms with Crippen LogP contribution in [-0.2, 0) is 6.61 Å². The summed E-state index contributed by atoms with van der Waals surface area (Å²) in [5.74, 6) is -0.736. The van der Waals surface area contributed by atoms with Gasteiger partial charge in [0.15, 0.2) is 0 Å². The van der Waals surface area contributed by atoms with E-state index in [9.17, 15) is 14.9 Å². The molecule has 0 aliphatic carbocycles. The molecule has 114 valence electrons. The van der Waals surface area contributed by atoms with Crippen LogP contribution in [0.5, 0.6) is 11.5 Å². The molecular weight excluding hydrogens is 288 g/mol. The van der Waals surface area contributed by atoms with Crippen molar-refractivity contribution in [3.8, 4) is 11.5 Å². The Hall–Kier alpha value is -3.09. The number of nitrogens with zero attached hydrogens (tertiary/aromatic N) is 1. The molecule has 2 N–H and O–H groups in total. The molecule has 0 aromatic heterocycles. The van der Waals surface area contributed by atoms with Crippen LogP contribution < -0.4 is 15.2 Å². The smallest absolute Gasteiger partial charge is 0.323 e. The van der Waals surface area contributed by atoms with E-state index in [1.54, 1.807) is 0 Å². The van der Waals surface area contributed by atoms with Crippen LogP contribution in [0.3, 0.4) is 0 Å². The van der Waals surface area contributed by atoms with Crippen molar-refractivity contribution in [1.82, 2.24) is 0 Å². The highest BCUT2D eigenvalue weighted by molar-refractivity contribution is 5.98. The van der Waals surface area contributed by atoms with Gasteiger partial charge in [-0.25, -0.2) is 0 Å². The van der Waals surface area contributed by atoms with Crippen LogP contribution in [0.25, 0.3) is 0 Å². The van der Waals surface area contributed by atoms with Gasteiger partial charge in [-0.3, -0.25) is 14.9 Å². The summed E-state index contributed by atoms with van der Waals surface area (Å²) in [7, 11) is 1.38. The first-order valence-electron chi connectivity index (χ1n) is 6.36. The maximum Gasteiger partial charge on any atom is 0.323 e. The zero-order valence-electron chi connectivity index (χ0n) is 11.8. The summed E-state index contributed by atoms with van der Waals surface area (Å²) in [4.78, 5) is 22.0. The Morgan fingerprint density at radius 2 is 1.95 bits per heavy atom. The van der Waals surface area contributed by atoms with Crippen molar-refractivity contribution in [2.75, 3.05) is 7.11 Å². The molecule has 1 amide bonds. The first-order chi connectivity index (χ1) is 10.5. The van der Waals surface area contributed by atoms with Crippen LogP contribution in [-0.4, -0.2) is 17.9 Å². The molecule has 22 heavy (non-hydrogen) atoms. The van der Waals surface area contributed by atoms with Crippen molar-refractivity contribution in [1.29, 1.82) is 0 Å². The normalized spacial score (nSPS) is 10.0. The first-order valence-corrected chi connectivity index (χ1v) is 6.36. The average molecular weight is 302 g/mol. The zero-order valence-corrected chi connectivity index (χ0v) is 11.8. The van der Waals surface area contributed by atoms with Crippen molar-refractivity contribution >= 4 is 11.6 Å². The van der Waals surface area contributed by atoms with E-state index in [0.29, 0.717) is 0 Å². The van der Waals surface area contributed by atoms with Gasteiger partial charge in [-0.05, 0) is 5.56 Å². The van der Waals surface area contributed by atoms with E-state index in [1.807, 2.05) is 30.3 Å². The van der Waals surface area contributed by atoms with Crippen molar-refractivity contribution < 1.29 is 19.2 Å². The summed E-state index contributed by atoms with van der Waals surface area (Å²) in [6.07, 6.45) is 0. The van der Waals surface area contributed by atoms with Gasteiger partial charge in [0.25, 0.3) is 5.91 Å². The minimum atomic E-state index is -0.921. The van der Waals surface area contributed by atoms with Gasteiger partial charge in [-0.15, -0.1) is 0 Å². The van der Waals surface area contributed by atoms with E-state index < -0.39 is 16.5 Å². The maximum absolute atomic E-state index is 11.4. The summed E-state index contributed by atoms with van der Waals surface area (Å²) in [6, 6.07) is 11.7. The highest BCUT2D eigenvalue weighted by Crippen LogP contribution is 2.35. The fourth-order valence-electron chi connectivity index (χ4n) is 1.92. The van der Waals surface area contributed by atoms with E-state index in [2.05, 4.69) is 0 Å². The maximum atomic E-state index is 11.4. The lowest BCUT2D eigenvalue weighted by Gasteiger charge is -2.11. The number of benzene rings is 2. The van der Waals surface area contributed by atoms with E-state index in [0.717, 1.165) is 5.56 Å². The van der Waals surface area contributed by atoms with Crippen molar-refractivity contribution in [3.05, 3.63) is 63.7 Å². The molecule has 2 aromatic carbocycles. The number of methoxy groups -OCH3 is 1. The first kappa shape index (κ1) is 15.3. The summed E-state index contributed by atoms with van der Waals surface area (Å²) in [5, 5.41) is 11.2. The van der Waals surface area contributed by atoms with Crippen molar-refractivity contribution in [3.63, 3.8) is 0 Å². The van der Waals surface area contributed by atoms with Crippen molar-refractivity contribution in [2.24, 2.45) is 5.73 Å². The number of ether oxygens (including phenoxy) is 2. The summed E-state index contributed by atoms with van der Waals surface area (Å²) in [5.41, 5.74) is 5.31. The number of nitro benzene ring substituents is 1. The molecule has 0 fully saturated rings. The summed E-state index contributed by atoms with van der Waals surface area (Å²) >= 11 is 0. The second kappa shape index (κ2) is 6.57. The molecule has 0 aliphatic heterocycles. The molecule has 2 rings (SSSR count). The third-order valence-electron chi connectivity index (χ3n) is 2.97. The third kappa shape index (κ3) is 3.32. The van der Waals surface area contributed by atoms with Gasteiger partial charge in [0.05, 0.1) is 12.0 Å². The number of rotatable bonds is 6. The molecule has 0 unspecified atom stereocenters. The van der Waals surface area contributed by atoms with Gasteiger partial charge in [0, 0.05) is 12.1 Å². The molecule has 0 radical (unpaired) electrons. The predicted molar refractivity (Wildman–Crippen MR) is 78.9 cm³/mol. The Bertz CT molecular complexity index is 701. The Balaban J connectivity index is 2.41. The molecule has 2 aromatic rings. The number of carbonyl (C=O) groups is 1. The molecule has 0 bridgehead atoms. The van der Waals surface area contributed by atoms with E-state index in [1.165, 1.54) is 19.2 Å². The number of carbonyl (C=O) groups excluding carboxylic acids is 1. The highest BCUT2D eigenvalue weighted by Gasteiger charge is 2.26. The van der Waals surface area contributed by atoms with Gasteiger partial charge < -0.3 is 15.2 Å². The Kier molecular flexibility index (Phi) is 4.57. The van der Waals surface area contributed by atoms with Gasteiger partial charge in [-0.1, -0.05) is 30.3 Å². The van der Waals surface area contributed by atoms with E-state index >= 15 is 0 Å². The highest BCUT2D eigenvalue weighted by atomic mass is 16.6. The average Bonchev–Trinajstić information content (AvgIpc) is 2.52. The second-order valence-corrected chi connectivity index (χ2v) is 4.42. The second-order valence-electron chi connectivity index (χ2n) is 4.42. The molecule has 0 spiro atoms. The SMILES string of the molecule is COc1cc(OCc2ccccc2)c([N+](=O)[O-])c(C(N)=O)c1. The molecule has 0 aliphatic rings. The van der Waals surface area contributed by atoms with Gasteiger partial charge >= 0.3 is 5.69 Å². The van der Waals surface area contributed by atoms with Crippen LogP contribution in [0, 0.1) is 10.1 Å². The van der Waals surface area contributed by atoms with Gasteiger partial charge in [0.2, 0.25) is 5.75 Å². The quantitative estimate of drug-likeness (QED) is 0.651. The number of hydrogen-bond donors (Lipinski definition) is 1. The summed E-state index contributed by atoms with van der Waals surface area (Å²) < 4.78 is 10.5. The van der Waals surface area contributed by atoms with Crippen LogP contribution in [0.15, 0.2) is 42.5 Å². The Labute approximate surface area is 126 Å². The van der Waals surface area contributed by atoms with Crippen LogP contribution in [0.1, 0.15) is 15.9 Å². The lowest BCUT2D eigenvalue weighted by Crippen LogP contribution is -2.14. The summed E-state index contributed by atoms with van der Waals surface area (Å²) in [6.45, 7) is 0.118. The van der Waals surface area contributed by atoms with Gasteiger partial charge in [-0.2, -0.15) is 0 Å². The van der Waals surface area contributed by atoms with Crippen LogP contribution >= 0.6 is 0 Å². The van der Waals surface area contributed by atoms with Crippen LogP contribution in [0.4, 0.5) is 5.69 Å². The minimum Gasteiger partial charge on any atom is -0.497 e. The number of primary amides is 1. The topological polar surface area (TPSA) is 105 Å². The largest absolute Gasteiger partial charge is 0.497 e. The lowest BCUT2D eigenvalue weighted by molar-refractivity contribution is -0.386. The standard InChI is InChI=1S/C15H14N2O5/c1-21-11-7-12(15(16)18)14(17(19)20)13(8-11)22-9-10-5-3-2-4-6-10/h2-8H,9H2,1H3,(H2,16,18). The fraction of sp³-hybridized carbons (Fsp3) is 0.133. The fourth-order valence-corrected chi connectivity index (χ4v) is 1.92. The monoisotopic (exact) mass is 302 g/mol. The molecule has 7 heteroatoms. The number of nitrogens with two attached hydrogens (primary N) is 1. The third-order valence-corrected chi connectivity index (χ3v) is 2.97. The molecular formula is C15H14N2O5. The molecule has 0 heterocycles. The van der Waals surface area contributed by atoms with Crippen molar-refractivity contribution in [2.45, 2.75) is 6.61 Å². The lowest BCUT2D eigenvalue weighted by atomic mass is 10.1. The number of hydrogen-bond acceptors (Lipinski definition) is 5. The molecule has 0 saturated heterocycles. The minimum absolute atomic E-state index is 0.0676. The van der Waals surface area contributed by atoms with E-state index in [4.69, 9.17) is 15.2 Å². The van der Waals surface area contributed by atoms with Gasteiger partial charge in [0.1, 0.15) is 17.9 Å². The van der Waals surface area contributed by atoms with Crippen LogP contribution in [0.2, 0.25) is 0 Å². The Morgan fingerprint density at radius 3 is 2.50 bits per heavy atom.